The lowest BCUT2D eigenvalue weighted by molar-refractivity contribution is -0.0665. The van der Waals surface area contributed by atoms with Gasteiger partial charge in [0.2, 0.25) is 0 Å². The van der Waals surface area contributed by atoms with E-state index >= 15 is 0 Å². The van der Waals surface area contributed by atoms with Crippen molar-refractivity contribution < 1.29 is 5.11 Å². The molecule has 1 spiro atoms. The highest BCUT2D eigenvalue weighted by molar-refractivity contribution is 8.18. The maximum absolute atomic E-state index is 10.6. The number of hydrogen-bond donors (Lipinski definition) is 1. The van der Waals surface area contributed by atoms with Crippen LogP contribution >= 0.6 is 23.5 Å². The molecule has 5 atom stereocenters. The van der Waals surface area contributed by atoms with Crippen molar-refractivity contribution in [2.45, 2.75) is 73.8 Å². The van der Waals surface area contributed by atoms with Gasteiger partial charge in [-0.05, 0) is 55.9 Å². The summed E-state index contributed by atoms with van der Waals surface area (Å²) in [6, 6.07) is 1.99. The number of aliphatic hydroxyl groups is 1. The lowest BCUT2D eigenvalue weighted by Gasteiger charge is -2.55. The third-order valence-electron chi connectivity index (χ3n) is 5.78. The van der Waals surface area contributed by atoms with Gasteiger partial charge in [0.25, 0.3) is 0 Å². The summed E-state index contributed by atoms with van der Waals surface area (Å²) in [6.45, 7) is 2.35. The third kappa shape index (κ3) is 2.09. The first kappa shape index (κ1) is 13.3. The molecule has 4 aliphatic heterocycles. The van der Waals surface area contributed by atoms with Gasteiger partial charge in [0, 0.05) is 18.1 Å². The Balaban J connectivity index is 1.62. The number of piperidine rings is 2. The van der Waals surface area contributed by atoms with Gasteiger partial charge in [0.05, 0.1) is 10.2 Å². The summed E-state index contributed by atoms with van der Waals surface area (Å²) in [7, 11) is 0. The number of rotatable bonds is 0. The molecule has 0 unspecified atom stereocenters. The predicted molar refractivity (Wildman–Crippen MR) is 83.7 cm³/mol. The zero-order valence-electron chi connectivity index (χ0n) is 11.8. The lowest BCUT2D eigenvalue weighted by Crippen LogP contribution is -2.62. The zero-order chi connectivity index (χ0) is 13.0. The SMILES string of the molecule is C[C@H]1C[C@@H](O)[C@H]2CC3(C[C@H]4CC[C@H]1N42)SCCCS3. The van der Waals surface area contributed by atoms with Gasteiger partial charge in [-0.1, -0.05) is 6.92 Å². The summed E-state index contributed by atoms with van der Waals surface area (Å²) in [5.41, 5.74) is 0. The van der Waals surface area contributed by atoms with Crippen molar-refractivity contribution in [2.24, 2.45) is 5.92 Å². The van der Waals surface area contributed by atoms with E-state index in [9.17, 15) is 5.11 Å². The standard InChI is InChI=1S/C15H25NOS2/c1-10-7-14(17)13-9-15(18-5-2-6-19-15)8-11-3-4-12(10)16(11)13/h10-14,17H,2-9H2,1H3/t10-,11+,12+,13+,14+/m0/s1. The second-order valence-corrected chi connectivity index (χ2v) is 10.2. The Morgan fingerprint density at radius 2 is 1.89 bits per heavy atom. The fraction of sp³-hybridized carbons (Fsp3) is 1.00. The second kappa shape index (κ2) is 4.82. The summed E-state index contributed by atoms with van der Waals surface area (Å²) < 4.78 is 0.445. The minimum atomic E-state index is -0.0767. The van der Waals surface area contributed by atoms with Crippen LogP contribution < -0.4 is 0 Å². The minimum Gasteiger partial charge on any atom is -0.391 e. The van der Waals surface area contributed by atoms with Crippen molar-refractivity contribution in [3.05, 3.63) is 0 Å². The fourth-order valence-corrected chi connectivity index (χ4v) is 8.52. The maximum atomic E-state index is 10.6. The molecule has 0 radical (unpaired) electrons. The molecule has 0 aliphatic carbocycles. The van der Waals surface area contributed by atoms with E-state index in [1.807, 2.05) is 0 Å². The van der Waals surface area contributed by atoms with Gasteiger partial charge < -0.3 is 5.11 Å². The highest BCUT2D eigenvalue weighted by Gasteiger charge is 2.55. The van der Waals surface area contributed by atoms with Crippen LogP contribution in [0.3, 0.4) is 0 Å². The van der Waals surface area contributed by atoms with E-state index in [1.165, 1.54) is 43.6 Å². The molecule has 4 fully saturated rings. The molecule has 4 aliphatic rings. The van der Waals surface area contributed by atoms with E-state index in [1.54, 1.807) is 0 Å². The van der Waals surface area contributed by atoms with E-state index in [4.69, 9.17) is 0 Å². The molecule has 0 amide bonds. The Kier molecular flexibility index (Phi) is 3.37. The van der Waals surface area contributed by atoms with Gasteiger partial charge in [0.1, 0.15) is 0 Å². The molecule has 0 saturated carbocycles. The maximum Gasteiger partial charge on any atom is 0.0699 e. The van der Waals surface area contributed by atoms with E-state index in [0.29, 0.717) is 16.0 Å². The average molecular weight is 300 g/mol. The second-order valence-electron chi connectivity index (χ2n) is 6.96. The van der Waals surface area contributed by atoms with Gasteiger partial charge in [-0.25, -0.2) is 0 Å². The van der Waals surface area contributed by atoms with Gasteiger partial charge >= 0.3 is 0 Å². The average Bonchev–Trinajstić information content (AvgIpc) is 2.81. The molecule has 0 aromatic rings. The largest absolute Gasteiger partial charge is 0.391 e. The molecule has 1 N–H and O–H groups in total. The van der Waals surface area contributed by atoms with Crippen LogP contribution in [0.4, 0.5) is 0 Å². The molecule has 108 valence electrons. The number of aliphatic hydroxyl groups excluding tert-OH is 1. The first-order chi connectivity index (χ1) is 9.19. The summed E-state index contributed by atoms with van der Waals surface area (Å²) in [4.78, 5) is 2.75. The molecule has 4 rings (SSSR count). The Morgan fingerprint density at radius 3 is 2.68 bits per heavy atom. The van der Waals surface area contributed by atoms with Crippen LogP contribution in [-0.4, -0.2) is 49.8 Å². The van der Waals surface area contributed by atoms with Crippen LogP contribution in [0, 0.1) is 5.92 Å². The summed E-state index contributed by atoms with van der Waals surface area (Å²) in [5, 5.41) is 10.6. The van der Waals surface area contributed by atoms with E-state index in [2.05, 4.69) is 35.3 Å². The monoisotopic (exact) mass is 299 g/mol. The highest BCUT2D eigenvalue weighted by Crippen LogP contribution is 2.56. The first-order valence-corrected chi connectivity index (χ1v) is 9.89. The van der Waals surface area contributed by atoms with Crippen LogP contribution in [0.1, 0.15) is 45.4 Å². The van der Waals surface area contributed by atoms with Crippen LogP contribution in [-0.2, 0) is 0 Å². The molecule has 0 aromatic heterocycles. The molecule has 0 bridgehead atoms. The van der Waals surface area contributed by atoms with Crippen molar-refractivity contribution >= 4 is 23.5 Å². The van der Waals surface area contributed by atoms with Crippen LogP contribution in [0.5, 0.6) is 0 Å². The van der Waals surface area contributed by atoms with Crippen LogP contribution in [0.15, 0.2) is 0 Å². The third-order valence-corrected chi connectivity index (χ3v) is 9.19. The normalized spacial score (nSPS) is 49.3. The van der Waals surface area contributed by atoms with E-state index < -0.39 is 0 Å². The summed E-state index contributed by atoms with van der Waals surface area (Å²) in [6.07, 6.45) is 7.68. The Hall–Kier alpha value is 0.620. The van der Waals surface area contributed by atoms with Crippen LogP contribution in [0.25, 0.3) is 0 Å². The number of hydrogen-bond acceptors (Lipinski definition) is 4. The predicted octanol–water partition coefficient (Wildman–Crippen LogP) is 2.95. The smallest absolute Gasteiger partial charge is 0.0699 e. The van der Waals surface area contributed by atoms with Gasteiger partial charge in [0.15, 0.2) is 0 Å². The molecule has 4 heterocycles. The van der Waals surface area contributed by atoms with Gasteiger partial charge in [-0.2, -0.15) is 0 Å². The molecule has 0 aromatic carbocycles. The number of nitrogens with zero attached hydrogens (tertiary/aromatic N) is 1. The minimum absolute atomic E-state index is 0.0767. The Bertz CT molecular complexity index is 358. The van der Waals surface area contributed by atoms with Crippen molar-refractivity contribution in [3.8, 4) is 0 Å². The lowest BCUT2D eigenvalue weighted by atomic mass is 9.81. The molecule has 19 heavy (non-hydrogen) atoms. The van der Waals surface area contributed by atoms with Crippen molar-refractivity contribution in [3.63, 3.8) is 0 Å². The van der Waals surface area contributed by atoms with Crippen molar-refractivity contribution in [1.82, 2.24) is 4.90 Å². The van der Waals surface area contributed by atoms with Gasteiger partial charge in [-0.3, -0.25) is 4.90 Å². The topological polar surface area (TPSA) is 23.5 Å². The molecular formula is C15H25NOS2. The first-order valence-electron chi connectivity index (χ1n) is 7.92. The Labute approximate surface area is 125 Å². The van der Waals surface area contributed by atoms with E-state index in [-0.39, 0.29) is 6.10 Å². The highest BCUT2D eigenvalue weighted by atomic mass is 32.2. The fourth-order valence-electron chi connectivity index (χ4n) is 4.98. The molecule has 2 nitrogen and oxygen atoms in total. The Morgan fingerprint density at radius 1 is 1.11 bits per heavy atom. The quantitative estimate of drug-likeness (QED) is 0.743. The number of thioether (sulfide) groups is 2. The summed E-state index contributed by atoms with van der Waals surface area (Å²) >= 11 is 4.42. The van der Waals surface area contributed by atoms with Crippen molar-refractivity contribution in [2.75, 3.05) is 11.5 Å². The van der Waals surface area contributed by atoms with Gasteiger partial charge in [-0.15, -0.1) is 23.5 Å². The molecule has 4 saturated heterocycles. The van der Waals surface area contributed by atoms with Crippen LogP contribution in [0.2, 0.25) is 0 Å². The zero-order valence-corrected chi connectivity index (χ0v) is 13.4. The van der Waals surface area contributed by atoms with Crippen molar-refractivity contribution in [1.29, 1.82) is 0 Å². The molecular weight excluding hydrogens is 274 g/mol. The molecule has 4 heteroatoms. The van der Waals surface area contributed by atoms with E-state index in [0.717, 1.165) is 18.5 Å². The summed E-state index contributed by atoms with van der Waals surface area (Å²) in [5.74, 6) is 3.36.